The highest BCUT2D eigenvalue weighted by atomic mass is 16.6. The van der Waals surface area contributed by atoms with Gasteiger partial charge in [0.2, 0.25) is 0 Å². The van der Waals surface area contributed by atoms with Gasteiger partial charge in [-0.25, -0.2) is 0 Å². The number of rotatable bonds is 1. The van der Waals surface area contributed by atoms with Crippen LogP contribution in [-0.4, -0.2) is 19.0 Å². The Labute approximate surface area is 122 Å². The van der Waals surface area contributed by atoms with Crippen molar-refractivity contribution in [2.45, 2.75) is 19.3 Å². The van der Waals surface area contributed by atoms with Crippen LogP contribution in [-0.2, 0) is 20.7 Å². The van der Waals surface area contributed by atoms with Crippen molar-refractivity contribution in [3.8, 4) is 5.75 Å². The van der Waals surface area contributed by atoms with Gasteiger partial charge in [0, 0.05) is 0 Å². The van der Waals surface area contributed by atoms with Crippen LogP contribution in [0.15, 0.2) is 24.3 Å². The number of carbonyl (C=O) groups is 2. The quantitative estimate of drug-likeness (QED) is 0.587. The van der Waals surface area contributed by atoms with Crippen molar-refractivity contribution in [2.24, 2.45) is 17.8 Å². The highest BCUT2D eigenvalue weighted by molar-refractivity contribution is 5.99. The van der Waals surface area contributed by atoms with Gasteiger partial charge in [0.1, 0.15) is 5.75 Å². The van der Waals surface area contributed by atoms with E-state index in [4.69, 9.17) is 9.47 Å². The molecular weight excluding hydrogens is 268 g/mol. The van der Waals surface area contributed by atoms with Crippen molar-refractivity contribution in [3.63, 3.8) is 0 Å². The molecule has 4 nitrogen and oxygen atoms in total. The number of cyclic esters (lactones) is 2. The molecule has 1 aromatic rings. The van der Waals surface area contributed by atoms with E-state index >= 15 is 0 Å². The molecule has 1 aliphatic heterocycles. The molecule has 3 aliphatic rings. The number of hydrogen-bond acceptors (Lipinski definition) is 4. The van der Waals surface area contributed by atoms with E-state index in [9.17, 15) is 9.59 Å². The molecule has 0 radical (unpaired) electrons. The van der Waals surface area contributed by atoms with Gasteiger partial charge in [-0.05, 0) is 54.0 Å². The zero-order chi connectivity index (χ0) is 14.6. The fourth-order valence-corrected chi connectivity index (χ4v) is 3.98. The Morgan fingerprint density at radius 2 is 2.05 bits per heavy atom. The monoisotopic (exact) mass is 284 g/mol. The minimum absolute atomic E-state index is 0.114. The molecule has 0 bridgehead atoms. The maximum absolute atomic E-state index is 12.0. The third kappa shape index (κ3) is 1.75. The second-order valence-electron chi connectivity index (χ2n) is 5.94. The lowest BCUT2D eigenvalue weighted by Gasteiger charge is -2.35. The molecule has 1 fully saturated rings. The first kappa shape index (κ1) is 12.6. The van der Waals surface area contributed by atoms with Gasteiger partial charge in [0.15, 0.2) is 0 Å². The largest absolute Gasteiger partial charge is 0.497 e. The minimum atomic E-state index is -0.346. The minimum Gasteiger partial charge on any atom is -0.497 e. The molecule has 0 saturated carbocycles. The number of esters is 2. The zero-order valence-electron chi connectivity index (χ0n) is 11.8. The second-order valence-corrected chi connectivity index (χ2v) is 5.94. The van der Waals surface area contributed by atoms with Crippen LogP contribution in [0.4, 0.5) is 0 Å². The van der Waals surface area contributed by atoms with E-state index in [1.807, 2.05) is 6.07 Å². The first-order valence-corrected chi connectivity index (χ1v) is 7.32. The molecule has 4 heteroatoms. The molecule has 0 unspecified atom stereocenters. The summed E-state index contributed by atoms with van der Waals surface area (Å²) in [6, 6.07) is 6.08. The van der Waals surface area contributed by atoms with Gasteiger partial charge in [0.25, 0.3) is 0 Å². The van der Waals surface area contributed by atoms with Crippen molar-refractivity contribution in [1.29, 1.82) is 0 Å². The fraction of sp³-hybridized carbons (Fsp3) is 0.412. The molecule has 2 aliphatic carbocycles. The maximum atomic E-state index is 12.0. The first-order valence-electron chi connectivity index (χ1n) is 7.32. The molecule has 4 rings (SSSR count). The zero-order valence-corrected chi connectivity index (χ0v) is 11.8. The number of hydrogen-bond donors (Lipinski definition) is 0. The van der Waals surface area contributed by atoms with E-state index in [0.717, 1.165) is 18.6 Å². The Morgan fingerprint density at radius 1 is 1.19 bits per heavy atom. The highest BCUT2D eigenvalue weighted by Crippen LogP contribution is 2.49. The Hall–Kier alpha value is -2.10. The number of ether oxygens (including phenoxy) is 2. The third-order valence-electron chi connectivity index (χ3n) is 4.98. The molecule has 1 aromatic carbocycles. The van der Waals surface area contributed by atoms with E-state index in [1.165, 1.54) is 16.7 Å². The molecule has 0 N–H and O–H groups in total. The van der Waals surface area contributed by atoms with Gasteiger partial charge < -0.3 is 9.47 Å². The van der Waals surface area contributed by atoms with Crippen molar-refractivity contribution in [3.05, 3.63) is 35.4 Å². The van der Waals surface area contributed by atoms with Gasteiger partial charge >= 0.3 is 11.9 Å². The predicted octanol–water partition coefficient (Wildman–Crippen LogP) is 2.36. The van der Waals surface area contributed by atoms with Crippen LogP contribution in [0.25, 0.3) is 5.57 Å². The standard InChI is InChI=1S/C17H16O4/c1-20-10-3-5-11-9(8-10)2-4-13-12(11)6-7-14-15(13)17(19)21-16(14)18/h3,5-6,8,13-15H,2,4,7H2,1H3/t13-,14+,15-/m1/s1. The van der Waals surface area contributed by atoms with Gasteiger partial charge in [-0.2, -0.15) is 0 Å². The molecule has 0 spiro atoms. The van der Waals surface area contributed by atoms with Crippen LogP contribution in [0, 0.1) is 17.8 Å². The lowest BCUT2D eigenvalue weighted by atomic mass is 9.66. The Balaban J connectivity index is 1.77. The molecule has 0 amide bonds. The lowest BCUT2D eigenvalue weighted by Crippen LogP contribution is -2.32. The van der Waals surface area contributed by atoms with Crippen molar-refractivity contribution >= 4 is 17.5 Å². The van der Waals surface area contributed by atoms with E-state index < -0.39 is 0 Å². The van der Waals surface area contributed by atoms with Crippen LogP contribution >= 0.6 is 0 Å². The fourth-order valence-electron chi connectivity index (χ4n) is 3.98. The van der Waals surface area contributed by atoms with Crippen molar-refractivity contribution in [2.75, 3.05) is 7.11 Å². The molecule has 3 atom stereocenters. The summed E-state index contributed by atoms with van der Waals surface area (Å²) >= 11 is 0. The lowest BCUT2D eigenvalue weighted by molar-refractivity contribution is -0.154. The van der Waals surface area contributed by atoms with Gasteiger partial charge in [-0.15, -0.1) is 0 Å². The summed E-state index contributed by atoms with van der Waals surface area (Å²) in [5, 5.41) is 0. The van der Waals surface area contributed by atoms with E-state index in [1.54, 1.807) is 7.11 Å². The van der Waals surface area contributed by atoms with E-state index in [2.05, 4.69) is 18.2 Å². The number of carbonyl (C=O) groups excluding carboxylic acids is 2. The summed E-state index contributed by atoms with van der Waals surface area (Å²) < 4.78 is 10.1. The van der Waals surface area contributed by atoms with Gasteiger partial charge in [-0.1, -0.05) is 12.1 Å². The van der Waals surface area contributed by atoms with Crippen LogP contribution in [0.1, 0.15) is 24.0 Å². The summed E-state index contributed by atoms with van der Waals surface area (Å²) in [6.45, 7) is 0. The van der Waals surface area contributed by atoms with E-state index in [0.29, 0.717) is 6.42 Å². The predicted molar refractivity (Wildman–Crippen MR) is 75.5 cm³/mol. The number of aryl methyl sites for hydroxylation is 1. The van der Waals surface area contributed by atoms with Crippen molar-refractivity contribution in [1.82, 2.24) is 0 Å². The second kappa shape index (κ2) is 4.45. The maximum Gasteiger partial charge on any atom is 0.318 e. The summed E-state index contributed by atoms with van der Waals surface area (Å²) in [6.07, 6.45) is 4.51. The molecule has 1 saturated heterocycles. The number of allylic oxidation sites excluding steroid dienone is 2. The number of benzene rings is 1. The number of fused-ring (bicyclic) bond motifs is 5. The van der Waals surface area contributed by atoms with Crippen LogP contribution < -0.4 is 4.74 Å². The van der Waals surface area contributed by atoms with Crippen molar-refractivity contribution < 1.29 is 19.1 Å². The summed E-state index contributed by atoms with van der Waals surface area (Å²) in [5.74, 6) is -0.266. The Morgan fingerprint density at radius 3 is 2.86 bits per heavy atom. The smallest absolute Gasteiger partial charge is 0.318 e. The average molecular weight is 284 g/mol. The Bertz CT molecular complexity index is 673. The summed E-state index contributed by atoms with van der Waals surface area (Å²) in [7, 11) is 1.66. The molecule has 21 heavy (non-hydrogen) atoms. The summed E-state index contributed by atoms with van der Waals surface area (Å²) in [5.41, 5.74) is 3.65. The van der Waals surface area contributed by atoms with Crippen LogP contribution in [0.2, 0.25) is 0 Å². The Kier molecular flexibility index (Phi) is 2.67. The van der Waals surface area contributed by atoms with Crippen LogP contribution in [0.3, 0.4) is 0 Å². The molecule has 0 aromatic heterocycles. The number of methoxy groups -OCH3 is 1. The van der Waals surface area contributed by atoms with Gasteiger partial charge in [0.05, 0.1) is 18.9 Å². The summed E-state index contributed by atoms with van der Waals surface area (Å²) in [4.78, 5) is 23.7. The molecule has 1 heterocycles. The highest BCUT2D eigenvalue weighted by Gasteiger charge is 2.51. The average Bonchev–Trinajstić information content (AvgIpc) is 2.81. The van der Waals surface area contributed by atoms with Crippen LogP contribution in [0.5, 0.6) is 5.75 Å². The topological polar surface area (TPSA) is 52.6 Å². The van der Waals surface area contributed by atoms with Gasteiger partial charge in [-0.3, -0.25) is 9.59 Å². The SMILES string of the molecule is COc1ccc2c(c1)CC[C@@H]1C2=CC[C@@H]2C(=O)OC(=O)[C@@H]21. The normalized spacial score (nSPS) is 30.0. The third-order valence-corrected chi connectivity index (χ3v) is 4.98. The first-order chi connectivity index (χ1) is 10.2. The van der Waals surface area contributed by atoms with E-state index in [-0.39, 0.29) is 29.7 Å². The molecular formula is C17H16O4. The molecule has 108 valence electrons.